The van der Waals surface area contributed by atoms with Gasteiger partial charge in [-0.05, 0) is 75.2 Å². The average molecular weight is 557 g/mol. The van der Waals surface area contributed by atoms with Gasteiger partial charge in [-0.15, -0.1) is 0 Å². The minimum atomic E-state index is -0.711. The summed E-state index contributed by atoms with van der Waals surface area (Å²) in [5, 5.41) is 1.70. The van der Waals surface area contributed by atoms with Crippen molar-refractivity contribution in [2.75, 3.05) is 23.7 Å². The van der Waals surface area contributed by atoms with Gasteiger partial charge in [0.1, 0.15) is 29.4 Å². The molecule has 2 aromatic carbocycles. The van der Waals surface area contributed by atoms with E-state index < -0.39 is 29.5 Å². The van der Waals surface area contributed by atoms with Crippen LogP contribution in [0.5, 0.6) is 0 Å². The number of carbonyl (C=O) groups is 2. The van der Waals surface area contributed by atoms with Gasteiger partial charge in [-0.25, -0.2) is 24.1 Å². The van der Waals surface area contributed by atoms with E-state index in [4.69, 9.17) is 10.5 Å². The second-order valence-corrected chi connectivity index (χ2v) is 11.2. The first-order chi connectivity index (χ1) is 19.5. The topological polar surface area (TPSA) is 115 Å². The zero-order chi connectivity index (χ0) is 29.3. The number of benzene rings is 2. The van der Waals surface area contributed by atoms with Crippen LogP contribution in [0.4, 0.5) is 20.8 Å². The van der Waals surface area contributed by atoms with Crippen LogP contribution in [0.15, 0.2) is 61.2 Å². The second kappa shape index (κ2) is 11.1. The maximum atomic E-state index is 15.7. The molecule has 1 aliphatic heterocycles. The van der Waals surface area contributed by atoms with Crippen LogP contribution in [0.3, 0.4) is 0 Å². The number of carbonyl (C=O) groups excluding carboxylic acids is 2. The van der Waals surface area contributed by atoms with E-state index in [0.717, 1.165) is 16.3 Å². The van der Waals surface area contributed by atoms with Crippen LogP contribution in [0.1, 0.15) is 49.5 Å². The third kappa shape index (κ3) is 5.82. The monoisotopic (exact) mass is 556 g/mol. The number of nitrogens with two attached hydrogens (primary N) is 1. The maximum absolute atomic E-state index is 15.7. The van der Waals surface area contributed by atoms with Crippen LogP contribution in [-0.2, 0) is 4.74 Å². The summed E-state index contributed by atoms with van der Waals surface area (Å²) in [6, 6.07) is 11.6. The summed E-state index contributed by atoms with van der Waals surface area (Å²) < 4.78 is 21.3. The Balaban J connectivity index is 1.58. The lowest BCUT2D eigenvalue weighted by molar-refractivity contribution is 0.0196. The molecule has 212 valence electrons. The Kier molecular flexibility index (Phi) is 7.57. The van der Waals surface area contributed by atoms with Crippen LogP contribution in [0.25, 0.3) is 21.9 Å². The predicted octanol–water partition coefficient (Wildman–Crippen LogP) is 5.77. The summed E-state index contributed by atoms with van der Waals surface area (Å²) in [6.45, 7) is 8.11. The smallest absolute Gasteiger partial charge is 0.410 e. The molecule has 1 atom stereocenters. The number of anilines is 2. The van der Waals surface area contributed by atoms with Gasteiger partial charge in [0, 0.05) is 36.4 Å². The molecule has 2 aromatic heterocycles. The van der Waals surface area contributed by atoms with Gasteiger partial charge in [0.25, 0.3) is 5.91 Å². The molecule has 0 spiro atoms. The Morgan fingerprint density at radius 2 is 1.95 bits per heavy atom. The van der Waals surface area contributed by atoms with E-state index in [9.17, 15) is 9.59 Å². The zero-order valence-corrected chi connectivity index (χ0v) is 23.6. The molecule has 1 fully saturated rings. The van der Waals surface area contributed by atoms with E-state index in [1.54, 1.807) is 22.1 Å². The van der Waals surface area contributed by atoms with Crippen molar-refractivity contribution in [2.24, 2.45) is 0 Å². The summed E-state index contributed by atoms with van der Waals surface area (Å²) in [5.74, 6) is -0.631. The fourth-order valence-electron chi connectivity index (χ4n) is 5.21. The van der Waals surface area contributed by atoms with E-state index in [1.165, 1.54) is 24.7 Å². The highest BCUT2D eigenvalue weighted by Gasteiger charge is 2.36. The molecule has 0 saturated carbocycles. The lowest BCUT2D eigenvalue weighted by Crippen LogP contribution is -2.53. The second-order valence-electron chi connectivity index (χ2n) is 11.2. The molecule has 0 aliphatic carbocycles. The zero-order valence-electron chi connectivity index (χ0n) is 23.6. The van der Waals surface area contributed by atoms with E-state index in [2.05, 4.69) is 15.0 Å². The minimum absolute atomic E-state index is 0.119. The van der Waals surface area contributed by atoms with E-state index in [0.29, 0.717) is 36.3 Å². The van der Waals surface area contributed by atoms with Gasteiger partial charge in [0.2, 0.25) is 0 Å². The van der Waals surface area contributed by atoms with Crippen molar-refractivity contribution in [1.82, 2.24) is 19.9 Å². The summed E-state index contributed by atoms with van der Waals surface area (Å²) in [6.07, 6.45) is 5.26. The van der Waals surface area contributed by atoms with Crippen molar-refractivity contribution in [2.45, 2.75) is 52.2 Å². The molecule has 4 aromatic rings. The Labute approximate surface area is 238 Å². The molecular formula is C31H33FN6O3. The summed E-state index contributed by atoms with van der Waals surface area (Å²) >= 11 is 0. The average Bonchev–Trinajstić information content (AvgIpc) is 2.93. The quantitative estimate of drug-likeness (QED) is 0.339. The van der Waals surface area contributed by atoms with E-state index >= 15 is 4.39 Å². The number of hydrogen-bond donors (Lipinski definition) is 1. The lowest BCUT2D eigenvalue weighted by Gasteiger charge is -2.39. The maximum Gasteiger partial charge on any atom is 0.410 e. The number of likely N-dealkylation sites (tertiary alicyclic amines) is 1. The number of hydrogen-bond acceptors (Lipinski definition) is 7. The number of ether oxygens (including phenoxy) is 1. The Bertz CT molecular complexity index is 1610. The van der Waals surface area contributed by atoms with Gasteiger partial charge in [0.15, 0.2) is 0 Å². The molecular weight excluding hydrogens is 523 g/mol. The summed E-state index contributed by atoms with van der Waals surface area (Å²) in [4.78, 5) is 43.0. The Morgan fingerprint density at radius 3 is 2.68 bits per heavy atom. The summed E-state index contributed by atoms with van der Waals surface area (Å²) in [5.41, 5.74) is 7.04. The van der Waals surface area contributed by atoms with Gasteiger partial charge in [-0.2, -0.15) is 0 Å². The van der Waals surface area contributed by atoms with Gasteiger partial charge < -0.3 is 15.4 Å². The fourth-order valence-corrected chi connectivity index (χ4v) is 5.21. The standard InChI is InChI=1S/C31H33FN6O3/c1-19-7-5-8-20-12-13-35-28(26(19)20)38(22-9-6-14-37(17-22)30(40)41-31(2,3)4)29(39)23-11-10-21(15-25(23)32)24-16-34-18-36-27(24)33/h5,7-8,10-13,15-16,18,22H,6,9,14,17H2,1-4H3,(H2,33,34,36)/t22-/m1/s1. The molecule has 0 unspecified atom stereocenters. The van der Waals surface area contributed by atoms with Crippen molar-refractivity contribution in [1.29, 1.82) is 0 Å². The number of nitrogen functional groups attached to an aromatic ring is 1. The number of aromatic nitrogens is 3. The van der Waals surface area contributed by atoms with Crippen LogP contribution in [0, 0.1) is 12.7 Å². The van der Waals surface area contributed by atoms with E-state index in [-0.39, 0.29) is 17.9 Å². The van der Waals surface area contributed by atoms with Crippen LogP contribution in [-0.4, -0.2) is 56.6 Å². The molecule has 41 heavy (non-hydrogen) atoms. The largest absolute Gasteiger partial charge is 0.444 e. The lowest BCUT2D eigenvalue weighted by atomic mass is 9.99. The van der Waals surface area contributed by atoms with Gasteiger partial charge in [-0.3, -0.25) is 9.69 Å². The number of pyridine rings is 1. The highest BCUT2D eigenvalue weighted by Crippen LogP contribution is 2.33. The highest BCUT2D eigenvalue weighted by molar-refractivity contribution is 6.11. The van der Waals surface area contributed by atoms with E-state index in [1.807, 2.05) is 52.0 Å². The third-order valence-electron chi connectivity index (χ3n) is 7.09. The van der Waals surface area contributed by atoms with Crippen molar-refractivity contribution < 1.29 is 18.7 Å². The molecule has 5 rings (SSSR count). The third-order valence-corrected chi connectivity index (χ3v) is 7.09. The Hall–Kier alpha value is -4.60. The number of nitrogens with zero attached hydrogens (tertiary/aromatic N) is 5. The van der Waals surface area contributed by atoms with Gasteiger partial charge in [0.05, 0.1) is 11.6 Å². The predicted molar refractivity (Wildman–Crippen MR) is 156 cm³/mol. The van der Waals surface area contributed by atoms with Gasteiger partial charge >= 0.3 is 6.09 Å². The van der Waals surface area contributed by atoms with Crippen molar-refractivity contribution in [3.05, 3.63) is 78.1 Å². The minimum Gasteiger partial charge on any atom is -0.444 e. The fraction of sp³-hybridized carbons (Fsp3) is 0.323. The molecule has 1 saturated heterocycles. The Morgan fingerprint density at radius 1 is 1.15 bits per heavy atom. The molecule has 0 bridgehead atoms. The first-order valence-electron chi connectivity index (χ1n) is 13.5. The molecule has 9 nitrogen and oxygen atoms in total. The molecule has 3 heterocycles. The van der Waals surface area contributed by atoms with Crippen molar-refractivity contribution in [3.8, 4) is 11.1 Å². The molecule has 1 aliphatic rings. The van der Waals surface area contributed by atoms with Crippen molar-refractivity contribution in [3.63, 3.8) is 0 Å². The molecule has 0 radical (unpaired) electrons. The molecule has 2 amide bonds. The number of piperidine rings is 1. The first kappa shape index (κ1) is 27.9. The normalized spacial score (nSPS) is 15.5. The van der Waals surface area contributed by atoms with Crippen LogP contribution < -0.4 is 10.6 Å². The molecule has 10 heteroatoms. The number of fused-ring (bicyclic) bond motifs is 1. The number of aryl methyl sites for hydroxylation is 1. The van der Waals surface area contributed by atoms with Crippen LogP contribution >= 0.6 is 0 Å². The highest BCUT2D eigenvalue weighted by atomic mass is 19.1. The van der Waals surface area contributed by atoms with Crippen LogP contribution in [0.2, 0.25) is 0 Å². The number of halogens is 1. The van der Waals surface area contributed by atoms with Crippen molar-refractivity contribution >= 4 is 34.4 Å². The number of rotatable bonds is 4. The SMILES string of the molecule is Cc1cccc2ccnc(N(C(=O)c3ccc(-c4cncnc4N)cc3F)[C@@H]3CCCN(C(=O)OC(C)(C)C)C3)c12. The summed E-state index contributed by atoms with van der Waals surface area (Å²) in [7, 11) is 0. The first-order valence-corrected chi connectivity index (χ1v) is 13.5. The van der Waals surface area contributed by atoms with Gasteiger partial charge in [-0.1, -0.05) is 24.3 Å². The number of amides is 2. The molecule has 2 N–H and O–H groups in total.